The van der Waals surface area contributed by atoms with Gasteiger partial charge in [-0.15, -0.1) is 11.3 Å². The first-order valence-corrected chi connectivity index (χ1v) is 9.00. The van der Waals surface area contributed by atoms with Crippen molar-refractivity contribution < 1.29 is 4.79 Å². The van der Waals surface area contributed by atoms with Gasteiger partial charge in [-0.3, -0.25) is 9.69 Å². The van der Waals surface area contributed by atoms with Gasteiger partial charge < -0.3 is 10.6 Å². The third-order valence-electron chi connectivity index (χ3n) is 5.38. The van der Waals surface area contributed by atoms with E-state index in [1.807, 2.05) is 20.8 Å². The lowest BCUT2D eigenvalue weighted by Crippen LogP contribution is -2.49. The predicted molar refractivity (Wildman–Crippen MR) is 90.4 cm³/mol. The Kier molecular flexibility index (Phi) is 4.52. The Morgan fingerprint density at radius 2 is 2.09 bits per heavy atom. The van der Waals surface area contributed by atoms with Gasteiger partial charge in [-0.25, -0.2) is 4.98 Å². The first-order chi connectivity index (χ1) is 10.5. The number of carbonyl (C=O) groups excluding carboxylic acids is 1. The van der Waals surface area contributed by atoms with E-state index in [0.29, 0.717) is 5.41 Å². The molecule has 0 bridgehead atoms. The smallest absolute Gasteiger partial charge is 0.243 e. The van der Waals surface area contributed by atoms with Crippen molar-refractivity contribution in [2.75, 3.05) is 31.5 Å². The highest BCUT2D eigenvalue weighted by atomic mass is 32.1. The average Bonchev–Trinajstić information content (AvgIpc) is 3.07. The zero-order valence-corrected chi connectivity index (χ0v) is 14.6. The van der Waals surface area contributed by atoms with Crippen molar-refractivity contribution in [1.82, 2.24) is 15.2 Å². The summed E-state index contributed by atoms with van der Waals surface area (Å²) < 4.78 is 0. The van der Waals surface area contributed by atoms with Gasteiger partial charge in [-0.05, 0) is 65.1 Å². The highest BCUT2D eigenvalue weighted by Gasteiger charge is 2.38. The van der Waals surface area contributed by atoms with Crippen LogP contribution in [0.2, 0.25) is 0 Å². The summed E-state index contributed by atoms with van der Waals surface area (Å²) in [5, 5.41) is 7.18. The molecule has 0 radical (unpaired) electrons. The van der Waals surface area contributed by atoms with E-state index in [2.05, 4.69) is 20.5 Å². The van der Waals surface area contributed by atoms with Gasteiger partial charge >= 0.3 is 0 Å². The van der Waals surface area contributed by atoms with Gasteiger partial charge in [-0.2, -0.15) is 0 Å². The molecule has 1 atom stereocenters. The van der Waals surface area contributed by atoms with Gasteiger partial charge in [0.2, 0.25) is 5.91 Å². The first kappa shape index (κ1) is 15.9. The lowest BCUT2D eigenvalue weighted by molar-refractivity contribution is -0.121. The number of hydrogen-bond acceptors (Lipinski definition) is 5. The molecule has 2 fully saturated rings. The zero-order valence-electron chi connectivity index (χ0n) is 13.7. The van der Waals surface area contributed by atoms with Crippen LogP contribution in [0.1, 0.15) is 36.8 Å². The van der Waals surface area contributed by atoms with Crippen molar-refractivity contribution in [3.8, 4) is 0 Å². The number of nitrogens with zero attached hydrogens (tertiary/aromatic N) is 2. The molecule has 2 aliphatic rings. The second kappa shape index (κ2) is 6.26. The van der Waals surface area contributed by atoms with E-state index in [-0.39, 0.29) is 11.9 Å². The molecule has 6 heteroatoms. The van der Waals surface area contributed by atoms with Crippen molar-refractivity contribution in [2.45, 2.75) is 46.1 Å². The highest BCUT2D eigenvalue weighted by molar-refractivity contribution is 7.15. The summed E-state index contributed by atoms with van der Waals surface area (Å²) in [5.74, 6) is 0.0641. The number of anilines is 1. The predicted octanol–water partition coefficient (Wildman–Crippen LogP) is 2.16. The Labute approximate surface area is 136 Å². The standard InChI is InChI=1S/C16H26N4OS/c1-11-13(3)22-15(18-11)19-14(21)12(2)20-8-5-16(6-9-20)4-7-17-10-16/h12,17H,4-10H2,1-3H3,(H,18,19,21). The molecule has 2 N–H and O–H groups in total. The number of rotatable bonds is 3. The van der Waals surface area contributed by atoms with Crippen molar-refractivity contribution >= 4 is 22.4 Å². The number of aromatic nitrogens is 1. The third kappa shape index (κ3) is 3.19. The quantitative estimate of drug-likeness (QED) is 0.895. The Morgan fingerprint density at radius 1 is 1.36 bits per heavy atom. The van der Waals surface area contributed by atoms with Crippen molar-refractivity contribution in [3.63, 3.8) is 0 Å². The fourth-order valence-electron chi connectivity index (χ4n) is 3.51. The second-order valence-corrected chi connectivity index (χ2v) is 7.99. The maximum absolute atomic E-state index is 12.4. The lowest BCUT2D eigenvalue weighted by atomic mass is 9.77. The molecule has 3 heterocycles. The Balaban J connectivity index is 1.55. The summed E-state index contributed by atoms with van der Waals surface area (Å²) in [4.78, 5) is 20.3. The number of amides is 1. The molecule has 1 amide bonds. The molecule has 3 rings (SSSR count). The molecule has 122 valence electrons. The van der Waals surface area contributed by atoms with Crippen LogP contribution in [0.4, 0.5) is 5.13 Å². The molecule has 2 aliphatic heterocycles. The Morgan fingerprint density at radius 3 is 2.64 bits per heavy atom. The number of carbonyl (C=O) groups is 1. The molecule has 1 spiro atoms. The van der Waals surface area contributed by atoms with Crippen LogP contribution >= 0.6 is 11.3 Å². The summed E-state index contributed by atoms with van der Waals surface area (Å²) in [6, 6.07) is -0.0868. The maximum atomic E-state index is 12.4. The van der Waals surface area contributed by atoms with Crippen LogP contribution in [-0.2, 0) is 4.79 Å². The molecule has 1 aromatic heterocycles. The minimum Gasteiger partial charge on any atom is -0.316 e. The molecule has 2 saturated heterocycles. The molecule has 22 heavy (non-hydrogen) atoms. The number of piperidine rings is 1. The lowest BCUT2D eigenvalue weighted by Gasteiger charge is -2.40. The van der Waals surface area contributed by atoms with Crippen LogP contribution in [0.15, 0.2) is 0 Å². The molecule has 5 nitrogen and oxygen atoms in total. The van der Waals surface area contributed by atoms with Crippen LogP contribution in [0.3, 0.4) is 0 Å². The summed E-state index contributed by atoms with van der Waals surface area (Å²) in [6.45, 7) is 10.4. The highest BCUT2D eigenvalue weighted by Crippen LogP contribution is 2.37. The largest absolute Gasteiger partial charge is 0.316 e. The number of likely N-dealkylation sites (tertiary alicyclic amines) is 1. The summed E-state index contributed by atoms with van der Waals surface area (Å²) in [5.41, 5.74) is 1.50. The van der Waals surface area contributed by atoms with E-state index in [1.165, 1.54) is 19.3 Å². The van der Waals surface area contributed by atoms with Gasteiger partial charge in [-0.1, -0.05) is 0 Å². The van der Waals surface area contributed by atoms with Gasteiger partial charge in [0.25, 0.3) is 0 Å². The number of nitrogens with one attached hydrogen (secondary N) is 2. The van der Waals surface area contributed by atoms with Crippen LogP contribution in [-0.4, -0.2) is 48.0 Å². The minimum atomic E-state index is -0.0868. The minimum absolute atomic E-state index is 0.0641. The Bertz CT molecular complexity index is 521. The molecule has 1 aromatic rings. The van der Waals surface area contributed by atoms with Crippen LogP contribution in [0.5, 0.6) is 0 Å². The van der Waals surface area contributed by atoms with Crippen LogP contribution < -0.4 is 10.6 Å². The number of hydrogen-bond donors (Lipinski definition) is 2. The van der Waals surface area contributed by atoms with Gasteiger partial charge in [0.05, 0.1) is 11.7 Å². The Hall–Kier alpha value is -0.980. The molecular weight excluding hydrogens is 296 g/mol. The first-order valence-electron chi connectivity index (χ1n) is 8.19. The van der Waals surface area contributed by atoms with E-state index >= 15 is 0 Å². The van der Waals surface area contributed by atoms with E-state index < -0.39 is 0 Å². The van der Waals surface area contributed by atoms with E-state index in [1.54, 1.807) is 11.3 Å². The van der Waals surface area contributed by atoms with E-state index in [9.17, 15) is 4.79 Å². The summed E-state index contributed by atoms with van der Waals surface area (Å²) in [6.07, 6.45) is 3.69. The molecule has 0 aliphatic carbocycles. The van der Waals surface area contributed by atoms with Crippen molar-refractivity contribution in [3.05, 3.63) is 10.6 Å². The van der Waals surface area contributed by atoms with Crippen molar-refractivity contribution in [2.24, 2.45) is 5.41 Å². The molecule has 1 unspecified atom stereocenters. The third-order valence-corrected chi connectivity index (χ3v) is 6.36. The summed E-state index contributed by atoms with van der Waals surface area (Å²) in [7, 11) is 0. The average molecular weight is 322 g/mol. The van der Waals surface area contributed by atoms with Crippen LogP contribution in [0, 0.1) is 19.3 Å². The SMILES string of the molecule is Cc1nc(NC(=O)C(C)N2CCC3(CCNC3)CC2)sc1C. The monoisotopic (exact) mass is 322 g/mol. The van der Waals surface area contributed by atoms with Gasteiger partial charge in [0.15, 0.2) is 5.13 Å². The fourth-order valence-corrected chi connectivity index (χ4v) is 4.33. The van der Waals surface area contributed by atoms with Crippen LogP contribution in [0.25, 0.3) is 0 Å². The topological polar surface area (TPSA) is 57.3 Å². The number of thiazole rings is 1. The molecule has 0 aromatic carbocycles. The molecular formula is C16H26N4OS. The van der Waals surface area contributed by atoms with E-state index in [4.69, 9.17) is 0 Å². The van der Waals surface area contributed by atoms with Crippen molar-refractivity contribution in [1.29, 1.82) is 0 Å². The van der Waals surface area contributed by atoms with Gasteiger partial charge in [0.1, 0.15) is 0 Å². The van der Waals surface area contributed by atoms with E-state index in [0.717, 1.165) is 41.9 Å². The second-order valence-electron chi connectivity index (χ2n) is 6.79. The zero-order chi connectivity index (χ0) is 15.7. The maximum Gasteiger partial charge on any atom is 0.243 e. The molecule has 0 saturated carbocycles. The summed E-state index contributed by atoms with van der Waals surface area (Å²) >= 11 is 1.55. The van der Waals surface area contributed by atoms with Gasteiger partial charge in [0, 0.05) is 11.4 Å². The normalized spacial score (nSPS) is 22.9. The fraction of sp³-hybridized carbons (Fsp3) is 0.750. The number of aryl methyl sites for hydroxylation is 2.